The zero-order chi connectivity index (χ0) is 15.5. The Morgan fingerprint density at radius 3 is 2.90 bits per heavy atom. The first-order chi connectivity index (χ1) is 9.83. The number of piperidine rings is 1. The van der Waals surface area contributed by atoms with E-state index < -0.39 is 5.60 Å². The number of ether oxygens (including phenoxy) is 2. The van der Waals surface area contributed by atoms with E-state index in [1.165, 1.54) is 0 Å². The number of hydrogen-bond acceptors (Lipinski definition) is 4. The van der Waals surface area contributed by atoms with Crippen molar-refractivity contribution in [1.82, 2.24) is 9.88 Å². The van der Waals surface area contributed by atoms with Crippen molar-refractivity contribution >= 4 is 17.7 Å². The van der Waals surface area contributed by atoms with Crippen molar-refractivity contribution in [3.8, 4) is 5.75 Å². The summed E-state index contributed by atoms with van der Waals surface area (Å²) in [5, 5.41) is 0.396. The molecule has 1 fully saturated rings. The number of carbonyl (C=O) groups excluding carboxylic acids is 1. The molecule has 1 amide bonds. The second-order valence-corrected chi connectivity index (χ2v) is 6.51. The topological polar surface area (TPSA) is 51.7 Å². The number of likely N-dealkylation sites (tertiary alicyclic amines) is 1. The van der Waals surface area contributed by atoms with Crippen LogP contribution in [0.3, 0.4) is 0 Å². The highest BCUT2D eigenvalue weighted by molar-refractivity contribution is 6.29. The third kappa shape index (κ3) is 5.08. The molecule has 0 bridgehead atoms. The number of carbonyl (C=O) groups is 1. The quantitative estimate of drug-likeness (QED) is 0.784. The van der Waals surface area contributed by atoms with Crippen LogP contribution in [0.2, 0.25) is 5.15 Å². The second-order valence-electron chi connectivity index (χ2n) is 6.12. The number of amides is 1. The van der Waals surface area contributed by atoms with E-state index in [1.807, 2.05) is 20.8 Å². The van der Waals surface area contributed by atoms with Crippen molar-refractivity contribution in [1.29, 1.82) is 0 Å². The number of pyridine rings is 1. The van der Waals surface area contributed by atoms with Crippen LogP contribution < -0.4 is 4.74 Å². The maximum Gasteiger partial charge on any atom is 0.410 e. The lowest BCUT2D eigenvalue weighted by Crippen LogP contribution is -2.46. The Balaban J connectivity index is 1.93. The summed E-state index contributed by atoms with van der Waals surface area (Å²) < 4.78 is 11.3. The van der Waals surface area contributed by atoms with Gasteiger partial charge in [0.15, 0.2) is 0 Å². The summed E-state index contributed by atoms with van der Waals surface area (Å²) in [5.74, 6) is 0.672. The zero-order valence-corrected chi connectivity index (χ0v) is 13.4. The fourth-order valence-electron chi connectivity index (χ4n) is 2.18. The number of nitrogens with zero attached hydrogens (tertiary/aromatic N) is 2. The number of aromatic nitrogens is 1. The normalized spacial score (nSPS) is 19.2. The minimum atomic E-state index is -0.483. The molecule has 2 heterocycles. The van der Waals surface area contributed by atoms with Crippen LogP contribution >= 0.6 is 11.6 Å². The standard InChI is InChI=1S/C15H21ClN2O3/c1-15(2,3)21-14(19)18-8-4-5-12(10-18)20-11-6-7-17-13(16)9-11/h6-7,9,12H,4-5,8,10H2,1-3H3/t12-/m1/s1. The van der Waals surface area contributed by atoms with Crippen molar-refractivity contribution in [2.24, 2.45) is 0 Å². The predicted molar refractivity (Wildman–Crippen MR) is 80.7 cm³/mol. The average Bonchev–Trinajstić information content (AvgIpc) is 2.37. The van der Waals surface area contributed by atoms with Crippen LogP contribution in [-0.2, 0) is 4.74 Å². The maximum absolute atomic E-state index is 12.1. The Bertz CT molecular complexity index is 502. The van der Waals surface area contributed by atoms with Gasteiger partial charge in [-0.15, -0.1) is 0 Å². The smallest absolute Gasteiger partial charge is 0.410 e. The van der Waals surface area contributed by atoms with E-state index in [-0.39, 0.29) is 12.2 Å². The van der Waals surface area contributed by atoms with Crippen LogP contribution in [0.15, 0.2) is 18.3 Å². The monoisotopic (exact) mass is 312 g/mol. The van der Waals surface area contributed by atoms with Crippen molar-refractivity contribution in [3.63, 3.8) is 0 Å². The van der Waals surface area contributed by atoms with Gasteiger partial charge in [0.2, 0.25) is 0 Å². The van der Waals surface area contributed by atoms with Crippen molar-refractivity contribution in [3.05, 3.63) is 23.5 Å². The van der Waals surface area contributed by atoms with Crippen molar-refractivity contribution in [2.45, 2.75) is 45.3 Å². The average molecular weight is 313 g/mol. The molecule has 1 aliphatic rings. The minimum Gasteiger partial charge on any atom is -0.488 e. The molecule has 5 nitrogen and oxygen atoms in total. The molecule has 1 saturated heterocycles. The molecule has 0 aliphatic carbocycles. The Kier molecular flexibility index (Phi) is 4.93. The molecule has 116 valence electrons. The Hall–Kier alpha value is -1.49. The molecule has 2 rings (SSSR count). The first-order valence-electron chi connectivity index (χ1n) is 7.09. The summed E-state index contributed by atoms with van der Waals surface area (Å²) in [6, 6.07) is 3.44. The van der Waals surface area contributed by atoms with E-state index in [4.69, 9.17) is 21.1 Å². The maximum atomic E-state index is 12.1. The van der Waals surface area contributed by atoms with Gasteiger partial charge in [-0.1, -0.05) is 11.6 Å². The van der Waals surface area contributed by atoms with Crippen LogP contribution in [-0.4, -0.2) is 40.8 Å². The fourth-order valence-corrected chi connectivity index (χ4v) is 2.34. The van der Waals surface area contributed by atoms with Crippen LogP contribution in [0, 0.1) is 0 Å². The van der Waals surface area contributed by atoms with Crippen LogP contribution in [0.25, 0.3) is 0 Å². The summed E-state index contributed by atoms with van der Waals surface area (Å²) in [5.41, 5.74) is -0.483. The lowest BCUT2D eigenvalue weighted by atomic mass is 10.1. The van der Waals surface area contributed by atoms with Gasteiger partial charge >= 0.3 is 6.09 Å². The molecule has 0 N–H and O–H groups in total. The summed E-state index contributed by atoms with van der Waals surface area (Å²) >= 11 is 5.84. The van der Waals surface area contributed by atoms with E-state index in [0.717, 1.165) is 12.8 Å². The second kappa shape index (κ2) is 6.52. The van der Waals surface area contributed by atoms with E-state index in [0.29, 0.717) is 24.0 Å². The van der Waals surface area contributed by atoms with Crippen molar-refractivity contribution in [2.75, 3.05) is 13.1 Å². The van der Waals surface area contributed by atoms with Crippen LogP contribution in [0.5, 0.6) is 5.75 Å². The first kappa shape index (κ1) is 15.9. The van der Waals surface area contributed by atoms with E-state index in [2.05, 4.69) is 4.98 Å². The first-order valence-corrected chi connectivity index (χ1v) is 7.47. The minimum absolute atomic E-state index is 0.0512. The van der Waals surface area contributed by atoms with Gasteiger partial charge < -0.3 is 14.4 Å². The molecule has 1 aliphatic heterocycles. The Morgan fingerprint density at radius 1 is 1.48 bits per heavy atom. The van der Waals surface area contributed by atoms with Crippen LogP contribution in [0.1, 0.15) is 33.6 Å². The number of halogens is 1. The number of rotatable bonds is 2. The van der Waals surface area contributed by atoms with Gasteiger partial charge in [-0.2, -0.15) is 0 Å². The van der Waals surface area contributed by atoms with E-state index in [1.54, 1.807) is 23.2 Å². The van der Waals surface area contributed by atoms with Gasteiger partial charge in [-0.05, 0) is 39.7 Å². The molecular formula is C15H21ClN2O3. The molecule has 1 atom stereocenters. The fraction of sp³-hybridized carbons (Fsp3) is 0.600. The summed E-state index contributed by atoms with van der Waals surface area (Å²) in [4.78, 5) is 17.7. The van der Waals surface area contributed by atoms with Gasteiger partial charge in [-0.3, -0.25) is 0 Å². The predicted octanol–water partition coefficient (Wildman–Crippen LogP) is 3.51. The highest BCUT2D eigenvalue weighted by Crippen LogP contribution is 2.21. The third-order valence-corrected chi connectivity index (χ3v) is 3.24. The summed E-state index contributed by atoms with van der Waals surface area (Å²) in [6.45, 7) is 6.81. The largest absolute Gasteiger partial charge is 0.488 e. The molecule has 1 aromatic heterocycles. The molecule has 0 unspecified atom stereocenters. The molecule has 6 heteroatoms. The molecule has 0 spiro atoms. The van der Waals surface area contributed by atoms with Crippen molar-refractivity contribution < 1.29 is 14.3 Å². The van der Waals surface area contributed by atoms with Gasteiger partial charge in [0.05, 0.1) is 6.54 Å². The summed E-state index contributed by atoms with van der Waals surface area (Å²) in [6.07, 6.45) is 3.06. The Morgan fingerprint density at radius 2 is 2.24 bits per heavy atom. The van der Waals surface area contributed by atoms with E-state index >= 15 is 0 Å². The van der Waals surface area contributed by atoms with Gasteiger partial charge in [0, 0.05) is 18.8 Å². The Labute approximate surface area is 130 Å². The lowest BCUT2D eigenvalue weighted by Gasteiger charge is -2.34. The molecule has 0 saturated carbocycles. The zero-order valence-electron chi connectivity index (χ0n) is 12.6. The van der Waals surface area contributed by atoms with Gasteiger partial charge in [0.25, 0.3) is 0 Å². The molecule has 1 aromatic rings. The third-order valence-electron chi connectivity index (χ3n) is 3.03. The lowest BCUT2D eigenvalue weighted by molar-refractivity contribution is 0.00775. The van der Waals surface area contributed by atoms with Gasteiger partial charge in [0.1, 0.15) is 22.6 Å². The van der Waals surface area contributed by atoms with E-state index in [9.17, 15) is 4.79 Å². The molecular weight excluding hydrogens is 292 g/mol. The van der Waals surface area contributed by atoms with Crippen LogP contribution in [0.4, 0.5) is 4.79 Å². The number of hydrogen-bond donors (Lipinski definition) is 0. The highest BCUT2D eigenvalue weighted by Gasteiger charge is 2.28. The SMILES string of the molecule is CC(C)(C)OC(=O)N1CCC[C@@H](Oc2ccnc(Cl)c2)C1. The molecule has 0 radical (unpaired) electrons. The summed E-state index contributed by atoms with van der Waals surface area (Å²) in [7, 11) is 0. The highest BCUT2D eigenvalue weighted by atomic mass is 35.5. The molecule has 0 aromatic carbocycles. The molecule has 21 heavy (non-hydrogen) atoms. The van der Waals surface area contributed by atoms with Gasteiger partial charge in [-0.25, -0.2) is 9.78 Å².